The quantitative estimate of drug-likeness (QED) is 0.294. The molecule has 0 aliphatic carbocycles. The maximum atomic E-state index is 5.37. The number of halogens is 1. The van der Waals surface area contributed by atoms with Gasteiger partial charge in [0.05, 0.1) is 14.2 Å². The zero-order valence-corrected chi connectivity index (χ0v) is 21.9. The van der Waals surface area contributed by atoms with E-state index in [1.165, 1.54) is 18.4 Å². The highest BCUT2D eigenvalue weighted by atomic mass is 127. The zero-order valence-electron chi connectivity index (χ0n) is 19.6. The van der Waals surface area contributed by atoms with Gasteiger partial charge in [0, 0.05) is 39.4 Å². The van der Waals surface area contributed by atoms with E-state index in [1.54, 1.807) is 21.3 Å². The molecule has 1 aliphatic rings. The normalized spacial score (nSPS) is 14.5. The van der Waals surface area contributed by atoms with Crippen LogP contribution < -0.4 is 25.0 Å². The van der Waals surface area contributed by atoms with Crippen molar-refractivity contribution < 1.29 is 9.47 Å². The summed E-state index contributed by atoms with van der Waals surface area (Å²) in [5, 5.41) is 6.72. The summed E-state index contributed by atoms with van der Waals surface area (Å²) in [6, 6.07) is 10.3. The van der Waals surface area contributed by atoms with Gasteiger partial charge in [-0.2, -0.15) is 0 Å². The second-order valence-corrected chi connectivity index (χ2v) is 7.99. The van der Waals surface area contributed by atoms with Crippen molar-refractivity contribution in [2.24, 2.45) is 10.9 Å². The van der Waals surface area contributed by atoms with Crippen LogP contribution >= 0.6 is 24.0 Å². The molecule has 1 fully saturated rings. The lowest BCUT2D eigenvalue weighted by Crippen LogP contribution is -2.38. The van der Waals surface area contributed by atoms with Gasteiger partial charge in [0.15, 0.2) is 17.5 Å². The van der Waals surface area contributed by atoms with Gasteiger partial charge in [0.25, 0.3) is 0 Å². The molecule has 0 spiro atoms. The predicted octanol–water partition coefficient (Wildman–Crippen LogP) is 3.86. The van der Waals surface area contributed by atoms with E-state index in [4.69, 9.17) is 9.47 Å². The number of methoxy groups -OCH3 is 2. The van der Waals surface area contributed by atoms with Crippen LogP contribution in [-0.4, -0.2) is 51.8 Å². The van der Waals surface area contributed by atoms with Gasteiger partial charge >= 0.3 is 0 Å². The van der Waals surface area contributed by atoms with E-state index in [0.29, 0.717) is 6.54 Å². The van der Waals surface area contributed by atoms with Crippen LogP contribution in [0.3, 0.4) is 0 Å². The molecule has 1 aromatic heterocycles. The highest BCUT2D eigenvalue weighted by Gasteiger charge is 2.16. The van der Waals surface area contributed by atoms with E-state index in [0.717, 1.165) is 60.8 Å². The second kappa shape index (κ2) is 13.3. The standard InChI is InChI=1S/C24H35N5O2.HI/c1-18-10-13-29(14-11-18)23-8-6-20(16-27-23)17-28-24(25-2)26-12-9-19-5-7-21(30-3)22(15-19)31-4;/h5-8,15-16,18H,9-14,17H2,1-4H3,(H2,25,26,28);1H. The maximum absolute atomic E-state index is 5.37. The highest BCUT2D eigenvalue weighted by molar-refractivity contribution is 14.0. The molecule has 1 aromatic carbocycles. The van der Waals surface area contributed by atoms with E-state index >= 15 is 0 Å². The lowest BCUT2D eigenvalue weighted by Gasteiger charge is -2.31. The van der Waals surface area contributed by atoms with Gasteiger partial charge in [-0.15, -0.1) is 24.0 Å². The number of nitrogens with zero attached hydrogens (tertiary/aromatic N) is 3. The Labute approximate surface area is 209 Å². The number of nitrogens with one attached hydrogen (secondary N) is 2. The Morgan fingerprint density at radius 3 is 2.41 bits per heavy atom. The van der Waals surface area contributed by atoms with Gasteiger partial charge in [-0.25, -0.2) is 4.98 Å². The van der Waals surface area contributed by atoms with Crippen LogP contribution in [-0.2, 0) is 13.0 Å². The first-order valence-electron chi connectivity index (χ1n) is 11.0. The minimum atomic E-state index is 0. The molecule has 2 heterocycles. The van der Waals surface area contributed by atoms with Crippen LogP contribution in [0.25, 0.3) is 0 Å². The molecule has 1 saturated heterocycles. The van der Waals surface area contributed by atoms with Crippen molar-refractivity contribution in [3.63, 3.8) is 0 Å². The van der Waals surface area contributed by atoms with Crippen LogP contribution in [0.4, 0.5) is 5.82 Å². The van der Waals surface area contributed by atoms with Crippen molar-refractivity contribution >= 4 is 35.8 Å². The molecule has 0 radical (unpaired) electrons. The fraction of sp³-hybridized carbons (Fsp3) is 0.500. The Bertz CT molecular complexity index is 852. The van der Waals surface area contributed by atoms with Crippen LogP contribution in [0.2, 0.25) is 0 Å². The minimum absolute atomic E-state index is 0. The van der Waals surface area contributed by atoms with Gasteiger partial charge in [0.1, 0.15) is 5.82 Å². The monoisotopic (exact) mass is 553 g/mol. The zero-order chi connectivity index (χ0) is 22.1. The minimum Gasteiger partial charge on any atom is -0.493 e. The van der Waals surface area contributed by atoms with Gasteiger partial charge in [-0.1, -0.05) is 19.1 Å². The molecule has 2 aromatic rings. The van der Waals surface area contributed by atoms with E-state index in [9.17, 15) is 0 Å². The van der Waals surface area contributed by atoms with Crippen molar-refractivity contribution in [3.8, 4) is 11.5 Å². The van der Waals surface area contributed by atoms with Crippen molar-refractivity contribution in [1.82, 2.24) is 15.6 Å². The average Bonchev–Trinajstić information content (AvgIpc) is 2.82. The summed E-state index contributed by atoms with van der Waals surface area (Å²) >= 11 is 0. The van der Waals surface area contributed by atoms with Gasteiger partial charge in [-0.3, -0.25) is 4.99 Å². The number of anilines is 1. The molecule has 2 N–H and O–H groups in total. The number of benzene rings is 1. The highest BCUT2D eigenvalue weighted by Crippen LogP contribution is 2.27. The van der Waals surface area contributed by atoms with Gasteiger partial charge in [0.2, 0.25) is 0 Å². The Morgan fingerprint density at radius 1 is 1.06 bits per heavy atom. The summed E-state index contributed by atoms with van der Waals surface area (Å²) in [6.45, 7) is 5.97. The molecule has 0 amide bonds. The van der Waals surface area contributed by atoms with Gasteiger partial charge < -0.3 is 25.0 Å². The molecule has 0 atom stereocenters. The number of piperidine rings is 1. The Hall–Kier alpha value is -2.23. The van der Waals surface area contributed by atoms with Gasteiger partial charge in [-0.05, 0) is 54.5 Å². The average molecular weight is 553 g/mol. The molecule has 3 rings (SSSR count). The molecule has 1 aliphatic heterocycles. The van der Waals surface area contributed by atoms with E-state index in [-0.39, 0.29) is 24.0 Å². The third-order valence-corrected chi connectivity index (χ3v) is 5.75. The molecule has 7 nitrogen and oxygen atoms in total. The fourth-order valence-corrected chi connectivity index (χ4v) is 3.71. The third kappa shape index (κ3) is 7.43. The number of aliphatic imine (C=N–C) groups is 1. The Kier molecular flexibility index (Phi) is 10.9. The van der Waals surface area contributed by atoms with Crippen LogP contribution in [0, 0.1) is 5.92 Å². The molecule has 8 heteroatoms. The second-order valence-electron chi connectivity index (χ2n) is 7.99. The maximum Gasteiger partial charge on any atom is 0.191 e. The lowest BCUT2D eigenvalue weighted by molar-refractivity contribution is 0.354. The van der Waals surface area contributed by atoms with E-state index in [2.05, 4.69) is 50.6 Å². The smallest absolute Gasteiger partial charge is 0.191 e. The lowest BCUT2D eigenvalue weighted by atomic mass is 9.99. The summed E-state index contributed by atoms with van der Waals surface area (Å²) in [7, 11) is 5.08. The number of hydrogen-bond acceptors (Lipinski definition) is 5. The van der Waals surface area contributed by atoms with Crippen LogP contribution in [0.15, 0.2) is 41.5 Å². The van der Waals surface area contributed by atoms with Crippen molar-refractivity contribution in [1.29, 1.82) is 0 Å². The predicted molar refractivity (Wildman–Crippen MR) is 142 cm³/mol. The number of pyridine rings is 1. The Balaban J connectivity index is 0.00000363. The largest absolute Gasteiger partial charge is 0.493 e. The van der Waals surface area contributed by atoms with Crippen LogP contribution in [0.1, 0.15) is 30.9 Å². The Morgan fingerprint density at radius 2 is 1.78 bits per heavy atom. The molecule has 0 bridgehead atoms. The first-order valence-corrected chi connectivity index (χ1v) is 11.0. The van der Waals surface area contributed by atoms with Crippen molar-refractivity contribution in [2.75, 3.05) is 45.8 Å². The summed E-state index contributed by atoms with van der Waals surface area (Å²) in [4.78, 5) is 11.4. The third-order valence-electron chi connectivity index (χ3n) is 5.75. The topological polar surface area (TPSA) is 71.0 Å². The SMILES string of the molecule is CN=C(NCCc1ccc(OC)c(OC)c1)NCc1ccc(N2CCC(C)CC2)nc1.I. The first-order chi connectivity index (χ1) is 15.1. The van der Waals surface area contributed by atoms with E-state index < -0.39 is 0 Å². The van der Waals surface area contributed by atoms with Crippen molar-refractivity contribution in [3.05, 3.63) is 47.7 Å². The summed E-state index contributed by atoms with van der Waals surface area (Å²) in [5.41, 5.74) is 2.31. The molecule has 176 valence electrons. The number of guanidine groups is 1. The molecule has 0 unspecified atom stereocenters. The molecule has 32 heavy (non-hydrogen) atoms. The molecule has 0 saturated carbocycles. The summed E-state index contributed by atoms with van der Waals surface area (Å²) in [5.74, 6) is 4.16. The fourth-order valence-electron chi connectivity index (χ4n) is 3.71. The number of rotatable bonds is 8. The first kappa shape index (κ1) is 26.0. The molecular formula is C24H36IN5O2. The van der Waals surface area contributed by atoms with Crippen LogP contribution in [0.5, 0.6) is 11.5 Å². The number of aromatic nitrogens is 1. The summed E-state index contributed by atoms with van der Waals surface area (Å²) < 4.78 is 10.7. The number of ether oxygens (including phenoxy) is 2. The van der Waals surface area contributed by atoms with E-state index in [1.807, 2.05) is 18.3 Å². The van der Waals surface area contributed by atoms with Crippen molar-refractivity contribution in [2.45, 2.75) is 32.7 Å². The number of hydrogen-bond donors (Lipinski definition) is 2. The summed E-state index contributed by atoms with van der Waals surface area (Å²) in [6.07, 6.45) is 5.30. The molecular weight excluding hydrogens is 517 g/mol.